The minimum Gasteiger partial charge on any atom is -0.497 e. The van der Waals surface area contributed by atoms with E-state index in [4.69, 9.17) is 9.47 Å². The van der Waals surface area contributed by atoms with E-state index in [9.17, 15) is 9.90 Å². The minimum atomic E-state index is -0.560. The second kappa shape index (κ2) is 5.73. The topological polar surface area (TPSA) is 67.8 Å². The highest BCUT2D eigenvalue weighted by molar-refractivity contribution is 5.86. The van der Waals surface area contributed by atoms with Gasteiger partial charge in [-0.15, -0.1) is 0 Å². The zero-order valence-corrected chi connectivity index (χ0v) is 11.1. The summed E-state index contributed by atoms with van der Waals surface area (Å²) in [5, 5.41) is 11.8. The Labute approximate surface area is 107 Å². The van der Waals surface area contributed by atoms with Gasteiger partial charge in [0.2, 0.25) is 0 Å². The molecule has 0 heterocycles. The Hall–Kier alpha value is -1.75. The largest absolute Gasteiger partial charge is 0.497 e. The summed E-state index contributed by atoms with van der Waals surface area (Å²) in [6, 6.07) is 5.02. The fourth-order valence-corrected chi connectivity index (χ4v) is 1.36. The van der Waals surface area contributed by atoms with Crippen molar-refractivity contribution < 1.29 is 19.4 Å². The lowest BCUT2D eigenvalue weighted by Gasteiger charge is -2.20. The molecular formula is C13H19NO4. The summed E-state index contributed by atoms with van der Waals surface area (Å²) in [5.41, 5.74) is 0.517. The van der Waals surface area contributed by atoms with E-state index in [1.165, 1.54) is 7.11 Å². The summed E-state index contributed by atoms with van der Waals surface area (Å²) < 4.78 is 10.2. The van der Waals surface area contributed by atoms with Gasteiger partial charge in [-0.05, 0) is 39.0 Å². The predicted octanol–water partition coefficient (Wildman–Crippen LogP) is 2.53. The quantitative estimate of drug-likeness (QED) is 0.868. The molecule has 5 heteroatoms. The minimum absolute atomic E-state index is 0.192. The van der Waals surface area contributed by atoms with E-state index in [-0.39, 0.29) is 6.61 Å². The molecule has 0 bridgehead atoms. The van der Waals surface area contributed by atoms with Crippen LogP contribution in [-0.2, 0) is 11.3 Å². The third-order valence-electron chi connectivity index (χ3n) is 2.12. The standard InChI is InChI=1S/C13H19NO4/c1-13(2,3)18-12(16)14-11-6-5-10(17-4)7-9(11)8-15/h5-7,15H,8H2,1-4H3,(H,14,16). The molecule has 1 amide bonds. The number of rotatable bonds is 3. The third-order valence-corrected chi connectivity index (χ3v) is 2.12. The van der Waals surface area contributed by atoms with Crippen molar-refractivity contribution >= 4 is 11.8 Å². The Morgan fingerprint density at radius 3 is 2.56 bits per heavy atom. The summed E-state index contributed by atoms with van der Waals surface area (Å²) >= 11 is 0. The molecule has 0 saturated heterocycles. The molecule has 0 aliphatic rings. The van der Waals surface area contributed by atoms with Crippen molar-refractivity contribution in [1.29, 1.82) is 0 Å². The molecule has 0 atom stereocenters. The van der Waals surface area contributed by atoms with Crippen LogP contribution >= 0.6 is 0 Å². The molecule has 0 saturated carbocycles. The molecule has 0 aliphatic carbocycles. The first-order valence-electron chi connectivity index (χ1n) is 5.63. The molecule has 1 rings (SSSR count). The first kappa shape index (κ1) is 14.3. The molecule has 2 N–H and O–H groups in total. The van der Waals surface area contributed by atoms with Crippen LogP contribution in [0.4, 0.5) is 10.5 Å². The van der Waals surface area contributed by atoms with E-state index in [2.05, 4.69) is 5.32 Å². The molecular weight excluding hydrogens is 234 g/mol. The zero-order valence-electron chi connectivity index (χ0n) is 11.1. The summed E-state index contributed by atoms with van der Waals surface area (Å²) in [5.74, 6) is 0.619. The lowest BCUT2D eigenvalue weighted by molar-refractivity contribution is 0.0635. The van der Waals surface area contributed by atoms with Crippen molar-refractivity contribution in [3.8, 4) is 5.75 Å². The fourth-order valence-electron chi connectivity index (χ4n) is 1.36. The van der Waals surface area contributed by atoms with Crippen molar-refractivity contribution in [3.63, 3.8) is 0 Å². The molecule has 0 aliphatic heterocycles. The van der Waals surface area contributed by atoms with Crippen LogP contribution in [0.5, 0.6) is 5.75 Å². The Morgan fingerprint density at radius 2 is 2.06 bits per heavy atom. The molecule has 1 aromatic rings. The van der Waals surface area contributed by atoms with Gasteiger partial charge in [0, 0.05) is 11.3 Å². The lowest BCUT2D eigenvalue weighted by Crippen LogP contribution is -2.27. The molecule has 0 radical (unpaired) electrons. The van der Waals surface area contributed by atoms with Crippen LogP contribution in [0.25, 0.3) is 0 Å². The average Bonchev–Trinajstić information content (AvgIpc) is 2.27. The number of aliphatic hydroxyl groups is 1. The normalized spacial score (nSPS) is 10.9. The van der Waals surface area contributed by atoms with E-state index >= 15 is 0 Å². The van der Waals surface area contributed by atoms with Gasteiger partial charge in [0.05, 0.1) is 13.7 Å². The van der Waals surface area contributed by atoms with Crippen LogP contribution < -0.4 is 10.1 Å². The fraction of sp³-hybridized carbons (Fsp3) is 0.462. The molecule has 0 aromatic heterocycles. The summed E-state index contributed by atoms with van der Waals surface area (Å²) in [4.78, 5) is 11.6. The number of carbonyl (C=O) groups is 1. The third kappa shape index (κ3) is 4.25. The van der Waals surface area contributed by atoms with Crippen molar-refractivity contribution in [2.75, 3.05) is 12.4 Å². The smallest absolute Gasteiger partial charge is 0.412 e. The van der Waals surface area contributed by atoms with Gasteiger partial charge in [-0.3, -0.25) is 5.32 Å². The highest BCUT2D eigenvalue weighted by atomic mass is 16.6. The Bertz CT molecular complexity index is 423. The van der Waals surface area contributed by atoms with Crippen LogP contribution in [0.3, 0.4) is 0 Å². The number of nitrogens with one attached hydrogen (secondary N) is 1. The molecule has 5 nitrogen and oxygen atoms in total. The van der Waals surface area contributed by atoms with E-state index in [1.54, 1.807) is 39.0 Å². The van der Waals surface area contributed by atoms with E-state index in [0.717, 1.165) is 0 Å². The van der Waals surface area contributed by atoms with Crippen LogP contribution in [0.2, 0.25) is 0 Å². The van der Waals surface area contributed by atoms with Gasteiger partial charge in [-0.1, -0.05) is 0 Å². The van der Waals surface area contributed by atoms with E-state index < -0.39 is 11.7 Å². The predicted molar refractivity (Wildman–Crippen MR) is 68.8 cm³/mol. The first-order chi connectivity index (χ1) is 8.35. The molecule has 100 valence electrons. The van der Waals surface area contributed by atoms with Crippen LogP contribution in [0, 0.1) is 0 Å². The summed E-state index contributed by atoms with van der Waals surface area (Å²) in [6.07, 6.45) is -0.553. The SMILES string of the molecule is COc1ccc(NC(=O)OC(C)(C)C)c(CO)c1. The second-order valence-electron chi connectivity index (χ2n) is 4.81. The first-order valence-corrected chi connectivity index (χ1v) is 5.63. The zero-order chi connectivity index (χ0) is 13.8. The Balaban J connectivity index is 2.81. The summed E-state index contributed by atoms with van der Waals surface area (Å²) in [7, 11) is 1.54. The Morgan fingerprint density at radius 1 is 1.39 bits per heavy atom. The Kier molecular flexibility index (Phi) is 4.55. The van der Waals surface area contributed by atoms with Gasteiger partial charge in [-0.25, -0.2) is 4.79 Å². The number of benzene rings is 1. The van der Waals surface area contributed by atoms with Crippen molar-refractivity contribution in [2.24, 2.45) is 0 Å². The number of aliphatic hydroxyl groups excluding tert-OH is 1. The maximum Gasteiger partial charge on any atom is 0.412 e. The van der Waals surface area contributed by atoms with Gasteiger partial charge in [0.1, 0.15) is 11.4 Å². The van der Waals surface area contributed by atoms with E-state index in [1.807, 2.05) is 0 Å². The van der Waals surface area contributed by atoms with Crippen molar-refractivity contribution in [1.82, 2.24) is 0 Å². The monoisotopic (exact) mass is 253 g/mol. The van der Waals surface area contributed by atoms with Gasteiger partial charge in [-0.2, -0.15) is 0 Å². The van der Waals surface area contributed by atoms with Crippen LogP contribution in [0.1, 0.15) is 26.3 Å². The number of amides is 1. The van der Waals surface area contributed by atoms with Crippen molar-refractivity contribution in [3.05, 3.63) is 23.8 Å². The highest BCUT2D eigenvalue weighted by Gasteiger charge is 2.17. The molecule has 0 unspecified atom stereocenters. The average molecular weight is 253 g/mol. The number of methoxy groups -OCH3 is 1. The van der Waals surface area contributed by atoms with Gasteiger partial charge in [0.15, 0.2) is 0 Å². The van der Waals surface area contributed by atoms with Gasteiger partial charge < -0.3 is 14.6 Å². The lowest BCUT2D eigenvalue weighted by atomic mass is 10.1. The number of hydrogen-bond acceptors (Lipinski definition) is 4. The number of carbonyl (C=O) groups excluding carboxylic acids is 1. The molecule has 1 aromatic carbocycles. The van der Waals surface area contributed by atoms with Crippen LogP contribution in [-0.4, -0.2) is 23.9 Å². The van der Waals surface area contributed by atoms with Crippen molar-refractivity contribution in [2.45, 2.75) is 33.0 Å². The van der Waals surface area contributed by atoms with Crippen LogP contribution in [0.15, 0.2) is 18.2 Å². The maximum absolute atomic E-state index is 11.6. The summed E-state index contributed by atoms with van der Waals surface area (Å²) in [6.45, 7) is 5.16. The molecule has 0 fully saturated rings. The van der Waals surface area contributed by atoms with E-state index in [0.29, 0.717) is 17.0 Å². The van der Waals surface area contributed by atoms with Gasteiger partial charge >= 0.3 is 6.09 Å². The highest BCUT2D eigenvalue weighted by Crippen LogP contribution is 2.22. The number of ether oxygens (including phenoxy) is 2. The van der Waals surface area contributed by atoms with Gasteiger partial charge in [0.25, 0.3) is 0 Å². The molecule has 0 spiro atoms. The maximum atomic E-state index is 11.6. The second-order valence-corrected chi connectivity index (χ2v) is 4.81. The number of anilines is 1. The number of hydrogen-bond donors (Lipinski definition) is 2. The molecule has 18 heavy (non-hydrogen) atoms.